The number of carbonyl (C=O) groups is 1. The third kappa shape index (κ3) is 8.72. The van der Waals surface area contributed by atoms with Crippen molar-refractivity contribution in [3.63, 3.8) is 0 Å². The highest BCUT2D eigenvalue weighted by Crippen LogP contribution is 2.44. The monoisotopic (exact) mass is 693 g/mol. The molecule has 0 fully saturated rings. The summed E-state index contributed by atoms with van der Waals surface area (Å²) >= 11 is 6.36. The Morgan fingerprint density at radius 1 is 0.900 bits per heavy atom. The molecule has 2 atom stereocenters. The highest BCUT2D eigenvalue weighted by molar-refractivity contribution is 6.31. The summed E-state index contributed by atoms with van der Waals surface area (Å²) in [6.07, 6.45) is 0.174. The maximum absolute atomic E-state index is 14.7. The molecule has 14 heteroatoms. The van der Waals surface area contributed by atoms with Crippen molar-refractivity contribution in [1.82, 2.24) is 10.9 Å². The molecule has 1 aliphatic heterocycles. The van der Waals surface area contributed by atoms with E-state index in [0.717, 1.165) is 16.7 Å². The number of aliphatic imine (C=N–C) groups is 1. The SMILES string of the molecule is [N-]=[N+]=NCc1ccccc1C[C@]1(C(=O)NNCCc2ccccc2Cl)N=C(c2ccc(OCCCO)cc2)O[C@H]1c1ccccc1CN=[N+]=[N-]. The number of rotatable bonds is 17. The van der Waals surface area contributed by atoms with Crippen molar-refractivity contribution in [3.8, 4) is 5.75 Å². The molecule has 0 bridgehead atoms. The minimum absolute atomic E-state index is 0.0241. The fourth-order valence-corrected chi connectivity index (χ4v) is 5.96. The first-order valence-electron chi connectivity index (χ1n) is 16.0. The number of carbonyl (C=O) groups excluding carboxylic acids is 1. The zero-order valence-corrected chi connectivity index (χ0v) is 27.9. The molecule has 4 aromatic rings. The lowest BCUT2D eigenvalue weighted by atomic mass is 9.80. The Kier molecular flexibility index (Phi) is 12.7. The molecule has 1 amide bonds. The molecule has 0 spiro atoms. The maximum atomic E-state index is 14.7. The number of aliphatic hydroxyl groups is 1. The van der Waals surface area contributed by atoms with E-state index in [9.17, 15) is 4.79 Å². The van der Waals surface area contributed by atoms with Gasteiger partial charge in [0.05, 0.1) is 19.7 Å². The van der Waals surface area contributed by atoms with Crippen LogP contribution in [0.4, 0.5) is 0 Å². The zero-order chi connectivity index (χ0) is 35.2. The van der Waals surface area contributed by atoms with E-state index in [-0.39, 0.29) is 32.0 Å². The lowest BCUT2D eigenvalue weighted by Crippen LogP contribution is -2.54. The smallest absolute Gasteiger partial charge is 0.266 e. The standard InChI is InChI=1S/C36H36ClN9O4/c37-32-13-6-4-8-25(32)18-19-40-44-35(48)36(22-27-9-1-2-10-28(27)23-41-45-38)33(31-12-5-3-11-29(31)24-42-46-39)50-34(43-36)26-14-16-30(17-15-26)49-21-7-20-47/h1-6,8-17,33,40,47H,7,18-24H2,(H,44,48)/t33-,36-/m0/s1. The Labute approximate surface area is 294 Å². The molecule has 0 aliphatic carbocycles. The van der Waals surface area contributed by atoms with Crippen LogP contribution in [-0.4, -0.2) is 42.2 Å². The molecule has 3 N–H and O–H groups in total. The van der Waals surface area contributed by atoms with Crippen molar-refractivity contribution >= 4 is 23.4 Å². The van der Waals surface area contributed by atoms with E-state index in [2.05, 4.69) is 30.9 Å². The Bertz CT molecular complexity index is 1910. The molecular formula is C36H36ClN9O4. The second-order valence-corrected chi connectivity index (χ2v) is 11.8. The van der Waals surface area contributed by atoms with E-state index in [0.29, 0.717) is 53.5 Å². The third-order valence-corrected chi connectivity index (χ3v) is 8.60. The van der Waals surface area contributed by atoms with Crippen molar-refractivity contribution in [2.45, 2.75) is 44.0 Å². The number of benzene rings is 4. The Morgan fingerprint density at radius 3 is 2.24 bits per heavy atom. The Hall–Kier alpha value is -5.55. The van der Waals surface area contributed by atoms with Crippen molar-refractivity contribution < 1.29 is 19.4 Å². The summed E-state index contributed by atoms with van der Waals surface area (Å²) in [5.41, 5.74) is 26.9. The van der Waals surface area contributed by atoms with E-state index >= 15 is 0 Å². The number of hydrazine groups is 1. The molecule has 256 valence electrons. The summed E-state index contributed by atoms with van der Waals surface area (Å²) in [6, 6.07) is 29.4. The topological polar surface area (TPSA) is 190 Å². The van der Waals surface area contributed by atoms with Gasteiger partial charge in [0.1, 0.15) is 5.75 Å². The van der Waals surface area contributed by atoms with Crippen LogP contribution in [0.5, 0.6) is 5.75 Å². The van der Waals surface area contributed by atoms with Crippen LogP contribution in [-0.2, 0) is 35.5 Å². The molecule has 0 unspecified atom stereocenters. The van der Waals surface area contributed by atoms with E-state index in [1.807, 2.05) is 72.8 Å². The highest BCUT2D eigenvalue weighted by Gasteiger charge is 2.54. The van der Waals surface area contributed by atoms with Crippen LogP contribution in [0.2, 0.25) is 5.02 Å². The van der Waals surface area contributed by atoms with Crippen LogP contribution < -0.4 is 15.6 Å². The molecule has 1 heterocycles. The second-order valence-electron chi connectivity index (χ2n) is 11.4. The third-order valence-electron chi connectivity index (χ3n) is 8.23. The summed E-state index contributed by atoms with van der Waals surface area (Å²) in [5, 5.41) is 17.3. The number of azide groups is 2. The molecule has 0 saturated carbocycles. The van der Waals surface area contributed by atoms with E-state index < -0.39 is 17.6 Å². The van der Waals surface area contributed by atoms with E-state index in [1.165, 1.54) is 0 Å². The minimum atomic E-state index is -1.58. The molecular weight excluding hydrogens is 658 g/mol. The van der Waals surface area contributed by atoms with Gasteiger partial charge in [-0.1, -0.05) is 88.6 Å². The number of ether oxygens (including phenoxy) is 2. The van der Waals surface area contributed by atoms with Gasteiger partial charge in [-0.25, -0.2) is 10.4 Å². The fraction of sp³-hybridized carbons (Fsp3) is 0.278. The van der Waals surface area contributed by atoms with E-state index in [1.54, 1.807) is 24.3 Å². The summed E-state index contributed by atoms with van der Waals surface area (Å²) in [7, 11) is 0. The number of halogens is 1. The van der Waals surface area contributed by atoms with Gasteiger partial charge >= 0.3 is 0 Å². The first-order valence-corrected chi connectivity index (χ1v) is 16.4. The van der Waals surface area contributed by atoms with Gasteiger partial charge in [0.25, 0.3) is 5.91 Å². The maximum Gasteiger partial charge on any atom is 0.266 e. The number of aliphatic hydroxyl groups excluding tert-OH is 1. The molecule has 1 aliphatic rings. The summed E-state index contributed by atoms with van der Waals surface area (Å²) < 4.78 is 12.4. The number of amides is 1. The minimum Gasteiger partial charge on any atom is -0.494 e. The lowest BCUT2D eigenvalue weighted by molar-refractivity contribution is -0.130. The predicted molar refractivity (Wildman–Crippen MR) is 190 cm³/mol. The quantitative estimate of drug-likeness (QED) is 0.0349. The van der Waals surface area contributed by atoms with Crippen LogP contribution in [0, 0.1) is 0 Å². The first-order chi connectivity index (χ1) is 24.5. The number of hydrogen-bond acceptors (Lipinski definition) is 8. The van der Waals surface area contributed by atoms with Gasteiger partial charge in [-0.15, -0.1) is 0 Å². The predicted octanol–water partition coefficient (Wildman–Crippen LogP) is 7.08. The van der Waals surface area contributed by atoms with Crippen LogP contribution in [0.15, 0.2) is 112 Å². The highest BCUT2D eigenvalue weighted by atomic mass is 35.5. The molecule has 5 rings (SSSR count). The van der Waals surface area contributed by atoms with Gasteiger partial charge in [-0.3, -0.25) is 10.2 Å². The Morgan fingerprint density at radius 2 is 1.54 bits per heavy atom. The normalized spacial score (nSPS) is 16.4. The molecule has 13 nitrogen and oxygen atoms in total. The average Bonchev–Trinajstić information content (AvgIpc) is 3.53. The summed E-state index contributed by atoms with van der Waals surface area (Å²) in [5.74, 6) is 0.378. The molecule has 0 saturated heterocycles. The van der Waals surface area contributed by atoms with Gasteiger partial charge in [-0.05, 0) is 75.6 Å². The summed E-state index contributed by atoms with van der Waals surface area (Å²) in [4.78, 5) is 25.6. The first kappa shape index (κ1) is 35.7. The molecule has 4 aromatic carbocycles. The van der Waals surface area contributed by atoms with Gasteiger partial charge in [-0.2, -0.15) is 0 Å². The average molecular weight is 694 g/mol. The van der Waals surface area contributed by atoms with Crippen LogP contribution in [0.25, 0.3) is 20.9 Å². The van der Waals surface area contributed by atoms with Crippen LogP contribution in [0.3, 0.4) is 0 Å². The largest absolute Gasteiger partial charge is 0.494 e. The lowest BCUT2D eigenvalue weighted by Gasteiger charge is -2.32. The molecule has 0 aromatic heterocycles. The molecule has 0 radical (unpaired) electrons. The second kappa shape index (κ2) is 17.7. The van der Waals surface area contributed by atoms with Crippen LogP contribution >= 0.6 is 11.6 Å². The molecule has 50 heavy (non-hydrogen) atoms. The number of nitrogens with zero attached hydrogens (tertiary/aromatic N) is 7. The number of hydrogen-bond donors (Lipinski definition) is 3. The Balaban J connectivity index is 1.58. The van der Waals surface area contributed by atoms with Gasteiger partial charge in [0.15, 0.2) is 11.6 Å². The zero-order valence-electron chi connectivity index (χ0n) is 27.2. The van der Waals surface area contributed by atoms with E-state index in [4.69, 9.17) is 42.2 Å². The summed E-state index contributed by atoms with van der Waals surface area (Å²) in [6.45, 7) is 0.874. The van der Waals surface area contributed by atoms with Crippen molar-refractivity contribution in [1.29, 1.82) is 0 Å². The van der Waals surface area contributed by atoms with Crippen molar-refractivity contribution in [2.24, 2.45) is 15.2 Å². The van der Waals surface area contributed by atoms with Gasteiger partial charge < -0.3 is 14.6 Å². The van der Waals surface area contributed by atoms with Crippen LogP contribution in [0.1, 0.15) is 45.9 Å². The van der Waals surface area contributed by atoms with Gasteiger partial charge in [0.2, 0.25) is 5.90 Å². The fourth-order valence-electron chi connectivity index (χ4n) is 5.73. The van der Waals surface area contributed by atoms with Gasteiger partial charge in [0, 0.05) is 46.4 Å². The number of nitrogens with one attached hydrogen (secondary N) is 2. The van der Waals surface area contributed by atoms with Crippen molar-refractivity contribution in [3.05, 3.63) is 156 Å². The van der Waals surface area contributed by atoms with Crippen molar-refractivity contribution in [2.75, 3.05) is 19.8 Å².